The molecule has 8 heteroatoms. The summed E-state index contributed by atoms with van der Waals surface area (Å²) in [4.78, 5) is 22.3. The Morgan fingerprint density at radius 2 is 1.79 bits per heavy atom. The number of ketones is 1. The summed E-state index contributed by atoms with van der Waals surface area (Å²) in [6, 6.07) is 9.23. The summed E-state index contributed by atoms with van der Waals surface area (Å²) in [5.74, 6) is -2.89. The van der Waals surface area contributed by atoms with E-state index >= 15 is 0 Å². The van der Waals surface area contributed by atoms with Gasteiger partial charge in [-0.3, -0.25) is 4.79 Å². The molecule has 0 amide bonds. The number of halogens is 1. The third-order valence-corrected chi connectivity index (χ3v) is 4.39. The Kier molecular flexibility index (Phi) is 5.54. The summed E-state index contributed by atoms with van der Waals surface area (Å²) in [5.41, 5.74) is 1.61. The van der Waals surface area contributed by atoms with Crippen molar-refractivity contribution in [1.82, 2.24) is 4.57 Å². The second-order valence-electron chi connectivity index (χ2n) is 6.22. The first-order chi connectivity index (χ1) is 13.8. The molecule has 3 aromatic rings. The summed E-state index contributed by atoms with van der Waals surface area (Å²) in [6.45, 7) is 0.319. The van der Waals surface area contributed by atoms with Gasteiger partial charge in [0.15, 0.2) is 0 Å². The SMILES string of the molecule is COc1cc(OC)c2c(c1)c(C(O)=CC(=O)C(=O)O)cn2Cc1ccc(F)cc1. The predicted octanol–water partition coefficient (Wildman–Crippen LogP) is 3.40. The molecule has 0 saturated carbocycles. The van der Waals surface area contributed by atoms with E-state index in [1.807, 2.05) is 0 Å². The van der Waals surface area contributed by atoms with Gasteiger partial charge in [0.1, 0.15) is 23.1 Å². The molecule has 0 radical (unpaired) electrons. The number of hydrogen-bond donors (Lipinski definition) is 2. The van der Waals surface area contributed by atoms with Gasteiger partial charge < -0.3 is 24.3 Å². The van der Waals surface area contributed by atoms with Crippen LogP contribution in [0.15, 0.2) is 48.7 Å². The molecule has 29 heavy (non-hydrogen) atoms. The molecular weight excluding hydrogens is 381 g/mol. The number of ether oxygens (including phenoxy) is 2. The monoisotopic (exact) mass is 399 g/mol. The normalized spacial score (nSPS) is 11.5. The topological polar surface area (TPSA) is 98.0 Å². The number of rotatable bonds is 7. The molecule has 0 spiro atoms. The van der Waals surface area contributed by atoms with E-state index in [-0.39, 0.29) is 11.4 Å². The lowest BCUT2D eigenvalue weighted by Crippen LogP contribution is -2.09. The van der Waals surface area contributed by atoms with E-state index in [9.17, 15) is 19.1 Å². The molecule has 0 aliphatic carbocycles. The third-order valence-electron chi connectivity index (χ3n) is 4.39. The zero-order valence-electron chi connectivity index (χ0n) is 15.7. The maximum atomic E-state index is 13.2. The second-order valence-corrected chi connectivity index (χ2v) is 6.22. The fourth-order valence-electron chi connectivity index (χ4n) is 3.03. The maximum Gasteiger partial charge on any atom is 0.376 e. The van der Waals surface area contributed by atoms with Gasteiger partial charge >= 0.3 is 5.97 Å². The van der Waals surface area contributed by atoms with Gasteiger partial charge in [-0.2, -0.15) is 0 Å². The van der Waals surface area contributed by atoms with Gasteiger partial charge in [0.25, 0.3) is 5.78 Å². The van der Waals surface area contributed by atoms with Crippen LogP contribution in [-0.4, -0.2) is 40.8 Å². The highest BCUT2D eigenvalue weighted by Crippen LogP contribution is 2.37. The van der Waals surface area contributed by atoms with Gasteiger partial charge in [-0.1, -0.05) is 12.1 Å². The number of carbonyl (C=O) groups excluding carboxylic acids is 1. The highest BCUT2D eigenvalue weighted by Gasteiger charge is 2.19. The Morgan fingerprint density at radius 3 is 2.38 bits per heavy atom. The number of methoxy groups -OCH3 is 2. The lowest BCUT2D eigenvalue weighted by Gasteiger charge is -2.11. The maximum absolute atomic E-state index is 13.2. The van der Waals surface area contributed by atoms with E-state index in [0.717, 1.165) is 5.56 Å². The number of aliphatic hydroxyl groups excluding tert-OH is 1. The smallest absolute Gasteiger partial charge is 0.376 e. The average Bonchev–Trinajstić information content (AvgIpc) is 3.07. The molecule has 0 unspecified atom stereocenters. The quantitative estimate of drug-likeness (QED) is 0.359. The standard InChI is InChI=1S/C21H18FNO6/c1-28-14-7-15-16(17(24)9-18(25)21(26)27)11-23(20(15)19(8-14)29-2)10-12-3-5-13(22)6-4-12/h3-9,11,24H,10H2,1-2H3,(H,26,27). The van der Waals surface area contributed by atoms with Crippen LogP contribution in [0.3, 0.4) is 0 Å². The predicted molar refractivity (Wildman–Crippen MR) is 104 cm³/mol. The first kappa shape index (κ1) is 19.9. The molecule has 2 aromatic carbocycles. The minimum absolute atomic E-state index is 0.230. The van der Waals surface area contributed by atoms with Crippen molar-refractivity contribution >= 4 is 28.4 Å². The van der Waals surface area contributed by atoms with Gasteiger partial charge in [0, 0.05) is 35.8 Å². The molecular formula is C21H18FNO6. The van der Waals surface area contributed by atoms with Crippen molar-refractivity contribution < 1.29 is 33.7 Å². The van der Waals surface area contributed by atoms with Gasteiger partial charge in [-0.05, 0) is 23.8 Å². The fourth-order valence-corrected chi connectivity index (χ4v) is 3.03. The molecule has 0 fully saturated rings. The molecule has 0 aliphatic rings. The van der Waals surface area contributed by atoms with Gasteiger partial charge in [0.2, 0.25) is 0 Å². The zero-order chi connectivity index (χ0) is 21.1. The van der Waals surface area contributed by atoms with E-state index in [2.05, 4.69) is 0 Å². The highest BCUT2D eigenvalue weighted by molar-refractivity contribution is 6.38. The van der Waals surface area contributed by atoms with Crippen LogP contribution in [0.5, 0.6) is 11.5 Å². The summed E-state index contributed by atoms with van der Waals surface area (Å²) >= 11 is 0. The van der Waals surface area contributed by atoms with E-state index in [1.54, 1.807) is 35.0 Å². The van der Waals surface area contributed by atoms with E-state index in [1.165, 1.54) is 26.4 Å². The number of carboxylic acids is 1. The van der Waals surface area contributed by atoms with Crippen LogP contribution < -0.4 is 9.47 Å². The first-order valence-corrected chi connectivity index (χ1v) is 8.51. The van der Waals surface area contributed by atoms with Crippen molar-refractivity contribution in [2.75, 3.05) is 14.2 Å². The Balaban J connectivity index is 2.21. The zero-order valence-corrected chi connectivity index (χ0v) is 15.7. The second kappa shape index (κ2) is 8.05. The average molecular weight is 399 g/mol. The molecule has 0 saturated heterocycles. The number of nitrogens with zero attached hydrogens (tertiary/aromatic N) is 1. The van der Waals surface area contributed by atoms with Gasteiger partial charge in [0.05, 0.1) is 19.7 Å². The van der Waals surface area contributed by atoms with Crippen LogP contribution in [0.4, 0.5) is 4.39 Å². The van der Waals surface area contributed by atoms with Crippen LogP contribution >= 0.6 is 0 Å². The number of aliphatic hydroxyl groups is 1. The summed E-state index contributed by atoms with van der Waals surface area (Å²) in [7, 11) is 2.95. The van der Waals surface area contributed by atoms with Crippen molar-refractivity contribution in [3.8, 4) is 11.5 Å². The molecule has 2 N–H and O–H groups in total. The Bertz CT molecular complexity index is 1110. The number of aliphatic carboxylic acids is 1. The van der Waals surface area contributed by atoms with Crippen molar-refractivity contribution in [3.63, 3.8) is 0 Å². The van der Waals surface area contributed by atoms with Crippen LogP contribution in [0.1, 0.15) is 11.1 Å². The van der Waals surface area contributed by atoms with Crippen molar-refractivity contribution in [2.45, 2.75) is 6.54 Å². The van der Waals surface area contributed by atoms with Crippen molar-refractivity contribution in [3.05, 3.63) is 65.6 Å². The summed E-state index contributed by atoms with van der Waals surface area (Å²) < 4.78 is 25.7. The van der Waals surface area contributed by atoms with Crippen LogP contribution in [0, 0.1) is 5.82 Å². The van der Waals surface area contributed by atoms with Crippen LogP contribution in [0.2, 0.25) is 0 Å². The van der Waals surface area contributed by atoms with Crippen molar-refractivity contribution in [2.24, 2.45) is 0 Å². The lowest BCUT2D eigenvalue weighted by molar-refractivity contribution is -0.146. The van der Waals surface area contributed by atoms with Crippen molar-refractivity contribution in [1.29, 1.82) is 0 Å². The Labute approximate surface area is 165 Å². The minimum Gasteiger partial charge on any atom is -0.507 e. The summed E-state index contributed by atoms with van der Waals surface area (Å²) in [6.07, 6.45) is 2.21. The minimum atomic E-state index is -1.68. The molecule has 7 nitrogen and oxygen atoms in total. The van der Waals surface area contributed by atoms with E-state index < -0.39 is 17.5 Å². The number of benzene rings is 2. The third kappa shape index (κ3) is 4.06. The van der Waals surface area contributed by atoms with Gasteiger partial charge in [-0.25, -0.2) is 9.18 Å². The first-order valence-electron chi connectivity index (χ1n) is 8.51. The summed E-state index contributed by atoms with van der Waals surface area (Å²) in [5, 5.41) is 19.7. The number of carbonyl (C=O) groups is 2. The molecule has 0 atom stereocenters. The highest BCUT2D eigenvalue weighted by atomic mass is 19.1. The number of carboxylic acid groups (broad SMARTS) is 1. The molecule has 1 aromatic heterocycles. The number of aromatic nitrogens is 1. The van der Waals surface area contributed by atoms with Crippen LogP contribution in [0.25, 0.3) is 16.7 Å². The molecule has 150 valence electrons. The van der Waals surface area contributed by atoms with E-state index in [0.29, 0.717) is 35.0 Å². The number of fused-ring (bicyclic) bond motifs is 1. The Morgan fingerprint density at radius 1 is 1.10 bits per heavy atom. The Hall–Kier alpha value is -3.81. The van der Waals surface area contributed by atoms with Crippen LogP contribution in [-0.2, 0) is 16.1 Å². The lowest BCUT2D eigenvalue weighted by atomic mass is 10.1. The molecule has 0 aliphatic heterocycles. The molecule has 3 rings (SSSR count). The van der Waals surface area contributed by atoms with E-state index in [4.69, 9.17) is 14.6 Å². The molecule has 0 bridgehead atoms. The fraction of sp³-hybridized carbons (Fsp3) is 0.143. The van der Waals surface area contributed by atoms with Gasteiger partial charge in [-0.15, -0.1) is 0 Å². The number of hydrogen-bond acceptors (Lipinski definition) is 5. The largest absolute Gasteiger partial charge is 0.507 e. The molecule has 1 heterocycles.